The van der Waals surface area contributed by atoms with Crippen LogP contribution in [-0.2, 0) is 9.84 Å². The van der Waals surface area contributed by atoms with Crippen molar-refractivity contribution in [3.63, 3.8) is 0 Å². The van der Waals surface area contributed by atoms with Gasteiger partial charge in [-0.05, 0) is 44.5 Å². The van der Waals surface area contributed by atoms with E-state index in [0.29, 0.717) is 5.56 Å². The van der Waals surface area contributed by atoms with Gasteiger partial charge in [0.2, 0.25) is 0 Å². The van der Waals surface area contributed by atoms with Gasteiger partial charge in [0.25, 0.3) is 0 Å². The fraction of sp³-hybridized carbons (Fsp3) is 0.417. The maximum atomic E-state index is 13.2. The van der Waals surface area contributed by atoms with Crippen LogP contribution in [0.5, 0.6) is 0 Å². The van der Waals surface area contributed by atoms with E-state index >= 15 is 0 Å². The topological polar surface area (TPSA) is 51.2 Å². The normalized spacial score (nSPS) is 12.5. The zero-order valence-corrected chi connectivity index (χ0v) is 11.1. The lowest BCUT2D eigenvalue weighted by atomic mass is 9.99. The van der Waals surface area contributed by atoms with Crippen molar-refractivity contribution in [1.82, 2.24) is 0 Å². The van der Waals surface area contributed by atoms with Crippen LogP contribution in [0.4, 0.5) is 4.39 Å². The highest BCUT2D eigenvalue weighted by atomic mass is 32.2. The third-order valence-electron chi connectivity index (χ3n) is 2.78. The predicted octanol–water partition coefficient (Wildman–Crippen LogP) is 2.14. The molecule has 0 heterocycles. The van der Waals surface area contributed by atoms with E-state index in [9.17, 15) is 17.6 Å². The highest BCUT2D eigenvalue weighted by Crippen LogP contribution is 2.22. The lowest BCUT2D eigenvalue weighted by Gasteiger charge is -2.21. The fourth-order valence-electron chi connectivity index (χ4n) is 1.38. The van der Waals surface area contributed by atoms with Crippen LogP contribution < -0.4 is 0 Å². The molecule has 0 spiro atoms. The number of carbonyl (C=O) groups is 1. The number of ketones is 1. The van der Waals surface area contributed by atoms with Gasteiger partial charge >= 0.3 is 0 Å². The van der Waals surface area contributed by atoms with Crippen molar-refractivity contribution < 1.29 is 17.6 Å². The first-order valence-corrected chi connectivity index (χ1v) is 6.96. The van der Waals surface area contributed by atoms with E-state index < -0.39 is 26.2 Å². The Hall–Kier alpha value is -1.23. The molecule has 0 unspecified atom stereocenters. The maximum Gasteiger partial charge on any atom is 0.183 e. The number of carbonyl (C=O) groups excluding carboxylic acids is 1. The van der Waals surface area contributed by atoms with Crippen LogP contribution in [0.1, 0.15) is 29.8 Å². The van der Waals surface area contributed by atoms with Gasteiger partial charge < -0.3 is 0 Å². The smallest absolute Gasteiger partial charge is 0.183 e. The largest absolute Gasteiger partial charge is 0.292 e. The fourth-order valence-corrected chi connectivity index (χ4v) is 1.84. The zero-order chi connectivity index (χ0) is 13.4. The van der Waals surface area contributed by atoms with Crippen molar-refractivity contribution in [2.75, 3.05) is 6.26 Å². The van der Waals surface area contributed by atoms with Crippen molar-refractivity contribution in [2.45, 2.75) is 25.5 Å². The Labute approximate surface area is 101 Å². The summed E-state index contributed by atoms with van der Waals surface area (Å²) in [7, 11) is -3.55. The second kappa shape index (κ2) is 4.22. The highest BCUT2D eigenvalue weighted by Gasteiger charge is 2.38. The molecule has 17 heavy (non-hydrogen) atoms. The molecule has 0 saturated carbocycles. The molecule has 1 aromatic carbocycles. The summed E-state index contributed by atoms with van der Waals surface area (Å²) < 4.78 is 34.7. The molecule has 5 heteroatoms. The number of hydrogen-bond donors (Lipinski definition) is 0. The molecule has 0 bridgehead atoms. The Morgan fingerprint density at radius 2 is 1.76 bits per heavy atom. The molecule has 0 saturated heterocycles. The van der Waals surface area contributed by atoms with E-state index in [1.807, 2.05) is 0 Å². The standard InChI is InChI=1S/C12H15FO3S/c1-8-5-9(7-10(13)6-8)11(14)12(2,3)17(4,15)16/h5-7H,1-4H3. The Kier molecular flexibility index (Phi) is 3.43. The third-order valence-corrected chi connectivity index (χ3v) is 4.82. The Bertz CT molecular complexity index is 539. The molecule has 0 aliphatic heterocycles. The van der Waals surface area contributed by atoms with Crippen molar-refractivity contribution in [2.24, 2.45) is 0 Å². The SMILES string of the molecule is Cc1cc(F)cc(C(=O)C(C)(C)S(C)(=O)=O)c1. The monoisotopic (exact) mass is 258 g/mol. The molecule has 0 aliphatic carbocycles. The minimum atomic E-state index is -3.55. The molecule has 0 fully saturated rings. The molecule has 1 rings (SSSR count). The van der Waals surface area contributed by atoms with Crippen LogP contribution in [0.2, 0.25) is 0 Å². The summed E-state index contributed by atoms with van der Waals surface area (Å²) in [5.74, 6) is -1.14. The molecule has 94 valence electrons. The average Bonchev–Trinajstić information content (AvgIpc) is 2.13. The van der Waals surface area contributed by atoms with Crippen LogP contribution in [0.25, 0.3) is 0 Å². The average molecular weight is 258 g/mol. The van der Waals surface area contributed by atoms with Gasteiger partial charge in [0.05, 0.1) is 0 Å². The van der Waals surface area contributed by atoms with E-state index in [-0.39, 0.29) is 5.56 Å². The number of halogens is 1. The van der Waals surface area contributed by atoms with Gasteiger partial charge in [-0.3, -0.25) is 4.79 Å². The molecule has 0 amide bonds. The van der Waals surface area contributed by atoms with Gasteiger partial charge in [-0.1, -0.05) is 0 Å². The van der Waals surface area contributed by atoms with E-state index in [4.69, 9.17) is 0 Å². The molecule has 0 N–H and O–H groups in total. The summed E-state index contributed by atoms with van der Waals surface area (Å²) in [5.41, 5.74) is 0.663. The van der Waals surface area contributed by atoms with Crippen molar-refractivity contribution in [3.8, 4) is 0 Å². The van der Waals surface area contributed by atoms with Gasteiger partial charge in [-0.2, -0.15) is 0 Å². The summed E-state index contributed by atoms with van der Waals surface area (Å²) >= 11 is 0. The quantitative estimate of drug-likeness (QED) is 0.780. The number of rotatable bonds is 3. The van der Waals surface area contributed by atoms with Crippen LogP contribution >= 0.6 is 0 Å². The molecule has 0 radical (unpaired) electrons. The summed E-state index contributed by atoms with van der Waals surface area (Å²) in [5, 5.41) is 0. The minimum Gasteiger partial charge on any atom is -0.292 e. The van der Waals surface area contributed by atoms with Gasteiger partial charge in [-0.25, -0.2) is 12.8 Å². The van der Waals surface area contributed by atoms with Crippen LogP contribution in [-0.4, -0.2) is 25.2 Å². The summed E-state index contributed by atoms with van der Waals surface area (Å²) in [4.78, 5) is 12.1. The first kappa shape index (κ1) is 13.8. The summed E-state index contributed by atoms with van der Waals surface area (Å²) in [6.07, 6.45) is 0.997. The molecular formula is C12H15FO3S. The van der Waals surface area contributed by atoms with Gasteiger partial charge in [0.1, 0.15) is 10.6 Å². The summed E-state index contributed by atoms with van der Waals surface area (Å²) in [6, 6.07) is 3.82. The van der Waals surface area contributed by atoms with E-state index in [0.717, 1.165) is 12.3 Å². The van der Waals surface area contributed by atoms with Gasteiger partial charge in [0, 0.05) is 11.8 Å². The second-order valence-electron chi connectivity index (χ2n) is 4.63. The first-order valence-electron chi connectivity index (χ1n) is 5.07. The molecular weight excluding hydrogens is 243 g/mol. The van der Waals surface area contributed by atoms with E-state index in [2.05, 4.69) is 0 Å². The molecule has 3 nitrogen and oxygen atoms in total. The van der Waals surface area contributed by atoms with E-state index in [1.165, 1.54) is 26.0 Å². The predicted molar refractivity (Wildman–Crippen MR) is 64.4 cm³/mol. The van der Waals surface area contributed by atoms with Gasteiger partial charge in [0.15, 0.2) is 15.6 Å². The van der Waals surface area contributed by atoms with Crippen LogP contribution in [0.3, 0.4) is 0 Å². The minimum absolute atomic E-state index is 0.0814. The lowest BCUT2D eigenvalue weighted by molar-refractivity contribution is 0.0953. The highest BCUT2D eigenvalue weighted by molar-refractivity contribution is 7.92. The van der Waals surface area contributed by atoms with E-state index in [1.54, 1.807) is 6.92 Å². The molecule has 0 aromatic heterocycles. The van der Waals surface area contributed by atoms with Crippen LogP contribution in [0, 0.1) is 12.7 Å². The Balaban J connectivity index is 3.31. The Morgan fingerprint density at radius 3 is 2.18 bits per heavy atom. The van der Waals surface area contributed by atoms with Crippen molar-refractivity contribution in [3.05, 3.63) is 35.1 Å². The van der Waals surface area contributed by atoms with Crippen LogP contribution in [0.15, 0.2) is 18.2 Å². The molecule has 0 atom stereocenters. The number of hydrogen-bond acceptors (Lipinski definition) is 3. The third kappa shape index (κ3) is 2.72. The Morgan fingerprint density at radius 1 is 1.24 bits per heavy atom. The maximum absolute atomic E-state index is 13.2. The van der Waals surface area contributed by atoms with Crippen molar-refractivity contribution in [1.29, 1.82) is 0 Å². The molecule has 0 aliphatic rings. The zero-order valence-electron chi connectivity index (χ0n) is 10.2. The lowest BCUT2D eigenvalue weighted by Crippen LogP contribution is -2.40. The first-order chi connectivity index (χ1) is 7.55. The number of sulfone groups is 1. The number of aryl methyl sites for hydroxylation is 1. The molecule has 1 aromatic rings. The number of Topliss-reactive ketones (excluding diaryl/α,β-unsaturated/α-hetero) is 1. The summed E-state index contributed by atoms with van der Waals surface area (Å²) in [6.45, 7) is 4.29. The van der Waals surface area contributed by atoms with Crippen molar-refractivity contribution >= 4 is 15.6 Å². The number of benzene rings is 1. The van der Waals surface area contributed by atoms with Gasteiger partial charge in [-0.15, -0.1) is 0 Å². The second-order valence-corrected chi connectivity index (χ2v) is 7.19.